The molecule has 0 bridgehead atoms. The molecule has 2 N–H and O–H groups in total. The summed E-state index contributed by atoms with van der Waals surface area (Å²) in [6.07, 6.45) is 14.3. The molecule has 3 fully saturated rings. The first-order valence-corrected chi connectivity index (χ1v) is 13.7. The highest BCUT2D eigenvalue weighted by Gasteiger charge is 2.61. The number of aliphatic hydroxyl groups is 2. The zero-order valence-electron chi connectivity index (χ0n) is 22.4. The zero-order valence-corrected chi connectivity index (χ0v) is 22.4. The average Bonchev–Trinajstić information content (AvgIpc) is 3.05. The summed E-state index contributed by atoms with van der Waals surface area (Å²) < 4.78 is 0. The highest BCUT2D eigenvalue weighted by Crippen LogP contribution is 2.67. The Morgan fingerprint density at radius 1 is 1.06 bits per heavy atom. The largest absolute Gasteiger partial charge is 0.393 e. The molecular formula is C31H50O2. The van der Waals surface area contributed by atoms with Gasteiger partial charge in [-0.25, -0.2) is 0 Å². The molecule has 0 aromatic carbocycles. The van der Waals surface area contributed by atoms with E-state index in [-0.39, 0.29) is 23.0 Å². The molecule has 3 saturated carbocycles. The fourth-order valence-corrected chi connectivity index (χ4v) is 9.15. The lowest BCUT2D eigenvalue weighted by molar-refractivity contribution is -0.0950. The molecule has 0 aromatic heterocycles. The number of rotatable bonds is 4. The molecule has 2 nitrogen and oxygen atoms in total. The number of fused-ring (bicyclic) bond motifs is 5. The smallest absolute Gasteiger partial charge is 0.0757 e. The van der Waals surface area contributed by atoms with Gasteiger partial charge in [0.15, 0.2) is 0 Å². The van der Waals surface area contributed by atoms with Gasteiger partial charge in [0, 0.05) is 5.92 Å². The lowest BCUT2D eigenvalue weighted by Crippen LogP contribution is -2.54. The van der Waals surface area contributed by atoms with Gasteiger partial charge in [-0.05, 0) is 97.7 Å². The quantitative estimate of drug-likeness (QED) is 0.437. The maximum Gasteiger partial charge on any atom is 0.0757 e. The van der Waals surface area contributed by atoms with Crippen molar-refractivity contribution in [1.29, 1.82) is 0 Å². The maximum absolute atomic E-state index is 11.4. The van der Waals surface area contributed by atoms with Gasteiger partial charge in [-0.1, -0.05) is 77.5 Å². The van der Waals surface area contributed by atoms with Crippen LogP contribution < -0.4 is 0 Å². The Balaban J connectivity index is 1.57. The van der Waals surface area contributed by atoms with Gasteiger partial charge in [-0.15, -0.1) is 0 Å². The second-order valence-corrected chi connectivity index (χ2v) is 13.9. The molecule has 0 saturated heterocycles. The first-order valence-electron chi connectivity index (χ1n) is 13.7. The van der Waals surface area contributed by atoms with E-state index in [0.29, 0.717) is 40.9 Å². The van der Waals surface area contributed by atoms with Crippen LogP contribution in [0.1, 0.15) is 93.4 Å². The molecule has 0 heterocycles. The minimum Gasteiger partial charge on any atom is -0.393 e. The SMILES string of the molecule is C=C(C)C(/C=C/C(C)[C@H]1CCC2C3C(CC[C@@]21C)[C@@]1(C)CC[C@H](O)CC1=C[C@H]3O)C(C)(C)C. The van der Waals surface area contributed by atoms with Crippen LogP contribution in [0.5, 0.6) is 0 Å². The van der Waals surface area contributed by atoms with Crippen LogP contribution in [-0.4, -0.2) is 22.4 Å². The van der Waals surface area contributed by atoms with Gasteiger partial charge in [0.05, 0.1) is 12.2 Å². The van der Waals surface area contributed by atoms with Crippen LogP contribution in [0.4, 0.5) is 0 Å². The van der Waals surface area contributed by atoms with Gasteiger partial charge in [-0.3, -0.25) is 0 Å². The van der Waals surface area contributed by atoms with Crippen molar-refractivity contribution in [3.63, 3.8) is 0 Å². The predicted molar refractivity (Wildman–Crippen MR) is 139 cm³/mol. The molecule has 0 aromatic rings. The van der Waals surface area contributed by atoms with Crippen molar-refractivity contribution in [1.82, 2.24) is 0 Å². The van der Waals surface area contributed by atoms with E-state index >= 15 is 0 Å². The first-order chi connectivity index (χ1) is 15.3. The van der Waals surface area contributed by atoms with Crippen molar-refractivity contribution in [2.45, 2.75) is 106 Å². The molecule has 0 spiro atoms. The third kappa shape index (κ3) is 4.22. The van der Waals surface area contributed by atoms with E-state index in [4.69, 9.17) is 0 Å². The fourth-order valence-electron chi connectivity index (χ4n) is 9.15. The van der Waals surface area contributed by atoms with Crippen molar-refractivity contribution in [2.75, 3.05) is 0 Å². The highest BCUT2D eigenvalue weighted by atomic mass is 16.3. The minimum atomic E-state index is -0.341. The molecule has 33 heavy (non-hydrogen) atoms. The van der Waals surface area contributed by atoms with E-state index in [1.165, 1.54) is 36.8 Å². The molecule has 4 aliphatic carbocycles. The number of hydrogen-bond donors (Lipinski definition) is 2. The van der Waals surface area contributed by atoms with Crippen LogP contribution >= 0.6 is 0 Å². The summed E-state index contributed by atoms with van der Waals surface area (Å²) in [6.45, 7) is 20.8. The molecule has 10 atom stereocenters. The third-order valence-electron chi connectivity index (χ3n) is 10.9. The summed E-state index contributed by atoms with van der Waals surface area (Å²) in [6, 6.07) is 0. The van der Waals surface area contributed by atoms with Crippen LogP contribution in [0, 0.1) is 51.8 Å². The Morgan fingerprint density at radius 3 is 2.39 bits per heavy atom. The van der Waals surface area contributed by atoms with Gasteiger partial charge in [0.2, 0.25) is 0 Å². The molecule has 4 rings (SSSR count). The van der Waals surface area contributed by atoms with Gasteiger partial charge in [-0.2, -0.15) is 0 Å². The van der Waals surface area contributed by atoms with Gasteiger partial charge in [0.1, 0.15) is 0 Å². The summed E-state index contributed by atoms with van der Waals surface area (Å²) in [7, 11) is 0. The number of allylic oxidation sites excluding steroid dienone is 3. The van der Waals surface area contributed by atoms with E-state index in [9.17, 15) is 10.2 Å². The Labute approximate surface area is 203 Å². The molecule has 2 heteroatoms. The molecule has 0 radical (unpaired) electrons. The molecule has 0 amide bonds. The summed E-state index contributed by atoms with van der Waals surface area (Å²) in [5, 5.41) is 21.6. The lowest BCUT2D eigenvalue weighted by atomic mass is 9.46. The molecule has 0 aliphatic heterocycles. The van der Waals surface area contributed by atoms with Crippen LogP contribution in [0.2, 0.25) is 0 Å². The Kier molecular flexibility index (Phi) is 6.63. The second-order valence-electron chi connectivity index (χ2n) is 13.9. The van der Waals surface area contributed by atoms with E-state index in [2.05, 4.69) is 73.3 Å². The van der Waals surface area contributed by atoms with Gasteiger partial charge in [0.25, 0.3) is 0 Å². The van der Waals surface area contributed by atoms with Crippen LogP contribution in [0.25, 0.3) is 0 Å². The minimum absolute atomic E-state index is 0.176. The van der Waals surface area contributed by atoms with Crippen LogP contribution in [0.3, 0.4) is 0 Å². The topological polar surface area (TPSA) is 40.5 Å². The van der Waals surface area contributed by atoms with Crippen molar-refractivity contribution in [3.8, 4) is 0 Å². The molecule has 5 unspecified atom stereocenters. The normalized spacial score (nSPS) is 45.1. The predicted octanol–water partition coefficient (Wildman–Crippen LogP) is 7.33. The van der Waals surface area contributed by atoms with Crippen molar-refractivity contribution >= 4 is 0 Å². The number of hydrogen-bond acceptors (Lipinski definition) is 2. The third-order valence-corrected chi connectivity index (χ3v) is 10.9. The van der Waals surface area contributed by atoms with E-state index in [1.807, 2.05) is 0 Å². The second kappa shape index (κ2) is 8.66. The van der Waals surface area contributed by atoms with Crippen molar-refractivity contribution in [3.05, 3.63) is 36.0 Å². The summed E-state index contributed by atoms with van der Waals surface area (Å²) in [4.78, 5) is 0. The van der Waals surface area contributed by atoms with Gasteiger partial charge >= 0.3 is 0 Å². The summed E-state index contributed by atoms with van der Waals surface area (Å²) in [5.74, 6) is 3.19. The monoisotopic (exact) mass is 454 g/mol. The summed E-state index contributed by atoms with van der Waals surface area (Å²) in [5.41, 5.74) is 3.28. The highest BCUT2D eigenvalue weighted by molar-refractivity contribution is 5.28. The zero-order chi connectivity index (χ0) is 24.3. The Hall–Kier alpha value is -0.860. The fraction of sp³-hybridized carbons (Fsp3) is 0.806. The standard InChI is InChI=1S/C31H50O2/c1-19(2)23(29(4,5)6)10-9-20(3)24-11-12-25-28-26(14-16-31(24,25)8)30(7)15-13-22(32)17-21(30)18-27(28)33/h9-10,18,20,22-28,32-33H,1,11-17H2,2-8H3/b10-9+/t20?,22-,23?,24+,25?,26?,27+,28?,30-,31+/m0/s1. The maximum atomic E-state index is 11.4. The van der Waals surface area contributed by atoms with Crippen LogP contribution in [-0.2, 0) is 0 Å². The Morgan fingerprint density at radius 2 is 1.76 bits per heavy atom. The first kappa shape index (κ1) is 25.2. The molecule has 186 valence electrons. The molecule has 4 aliphatic rings. The van der Waals surface area contributed by atoms with Crippen molar-refractivity contribution in [2.24, 2.45) is 51.8 Å². The van der Waals surface area contributed by atoms with E-state index < -0.39 is 0 Å². The average molecular weight is 455 g/mol. The van der Waals surface area contributed by atoms with Crippen molar-refractivity contribution < 1.29 is 10.2 Å². The Bertz CT molecular complexity index is 815. The van der Waals surface area contributed by atoms with Crippen LogP contribution in [0.15, 0.2) is 36.0 Å². The summed E-state index contributed by atoms with van der Waals surface area (Å²) >= 11 is 0. The number of aliphatic hydroxyl groups excluding tert-OH is 2. The molecular weight excluding hydrogens is 404 g/mol. The van der Waals surface area contributed by atoms with E-state index in [0.717, 1.165) is 19.3 Å². The van der Waals surface area contributed by atoms with Gasteiger partial charge < -0.3 is 10.2 Å². The van der Waals surface area contributed by atoms with E-state index in [1.54, 1.807) is 0 Å². The lowest BCUT2D eigenvalue weighted by Gasteiger charge is -2.59.